The van der Waals surface area contributed by atoms with E-state index in [1.807, 2.05) is 12.1 Å². The van der Waals surface area contributed by atoms with Crippen LogP contribution in [0.25, 0.3) is 0 Å². The molecular weight excluding hydrogens is 192 g/mol. The van der Waals surface area contributed by atoms with Crippen molar-refractivity contribution < 1.29 is 9.53 Å². The lowest BCUT2D eigenvalue weighted by atomic mass is 10.1. The summed E-state index contributed by atoms with van der Waals surface area (Å²) in [7, 11) is 0. The van der Waals surface area contributed by atoms with Gasteiger partial charge in [-0.15, -0.1) is 0 Å². The first-order chi connectivity index (χ1) is 7.34. The molecule has 0 unspecified atom stereocenters. The molecule has 15 heavy (non-hydrogen) atoms. The minimum absolute atomic E-state index is 0.0973. The molecule has 0 atom stereocenters. The van der Waals surface area contributed by atoms with E-state index < -0.39 is 0 Å². The molecule has 2 rings (SSSR count). The lowest BCUT2D eigenvalue weighted by Gasteiger charge is -2.26. The molecule has 0 spiro atoms. The van der Waals surface area contributed by atoms with Crippen LogP contribution in [0.2, 0.25) is 0 Å². The molecular formula is C11H14N2O2. The molecule has 0 bridgehead atoms. The number of aryl methyl sites for hydroxylation is 1. The summed E-state index contributed by atoms with van der Waals surface area (Å²) in [6.45, 7) is 1.31. The average Bonchev–Trinajstić information content (AvgIpc) is 2.22. The van der Waals surface area contributed by atoms with Gasteiger partial charge < -0.3 is 10.1 Å². The molecule has 1 aromatic rings. The van der Waals surface area contributed by atoms with Crippen molar-refractivity contribution in [1.29, 1.82) is 0 Å². The smallest absolute Gasteiger partial charge is 0.220 e. The highest BCUT2D eigenvalue weighted by molar-refractivity contribution is 5.76. The van der Waals surface area contributed by atoms with Gasteiger partial charge in [-0.3, -0.25) is 9.78 Å². The molecule has 0 aliphatic carbocycles. The second-order valence-electron chi connectivity index (χ2n) is 3.66. The summed E-state index contributed by atoms with van der Waals surface area (Å²) in [4.78, 5) is 15.4. The van der Waals surface area contributed by atoms with E-state index in [-0.39, 0.29) is 11.9 Å². The number of hydrogen-bond donors (Lipinski definition) is 1. The molecule has 1 aliphatic heterocycles. The number of carbonyl (C=O) groups excluding carboxylic acids is 1. The molecule has 2 heterocycles. The van der Waals surface area contributed by atoms with E-state index >= 15 is 0 Å². The summed E-state index contributed by atoms with van der Waals surface area (Å²) in [5, 5.41) is 2.91. The predicted molar refractivity (Wildman–Crippen MR) is 55.3 cm³/mol. The summed E-state index contributed by atoms with van der Waals surface area (Å²) in [6, 6.07) is 4.09. The summed E-state index contributed by atoms with van der Waals surface area (Å²) >= 11 is 0. The van der Waals surface area contributed by atoms with E-state index in [1.165, 1.54) is 0 Å². The summed E-state index contributed by atoms with van der Waals surface area (Å²) in [5.74, 6) is 0.0973. The summed E-state index contributed by atoms with van der Waals surface area (Å²) < 4.78 is 4.98. The zero-order valence-corrected chi connectivity index (χ0v) is 8.48. The van der Waals surface area contributed by atoms with Crippen molar-refractivity contribution in [2.45, 2.75) is 18.9 Å². The van der Waals surface area contributed by atoms with Crippen LogP contribution in [0.4, 0.5) is 0 Å². The zero-order valence-electron chi connectivity index (χ0n) is 8.48. The third-order valence-corrected chi connectivity index (χ3v) is 2.39. The third-order valence-electron chi connectivity index (χ3n) is 2.39. The first kappa shape index (κ1) is 10.1. The molecule has 0 aromatic carbocycles. The molecule has 1 fully saturated rings. The van der Waals surface area contributed by atoms with Crippen LogP contribution in [-0.2, 0) is 16.0 Å². The highest BCUT2D eigenvalue weighted by Crippen LogP contribution is 2.03. The van der Waals surface area contributed by atoms with Crippen LogP contribution in [0.5, 0.6) is 0 Å². The maximum atomic E-state index is 11.4. The number of aromatic nitrogens is 1. The SMILES string of the molecule is O=C(CCc1ccncc1)NC1COC1. The average molecular weight is 206 g/mol. The Morgan fingerprint density at radius 2 is 2.20 bits per heavy atom. The molecule has 0 radical (unpaired) electrons. The van der Waals surface area contributed by atoms with Gasteiger partial charge in [-0.1, -0.05) is 0 Å². The topological polar surface area (TPSA) is 51.2 Å². The predicted octanol–water partition coefficient (Wildman–Crippen LogP) is 0.529. The fourth-order valence-corrected chi connectivity index (χ4v) is 1.43. The van der Waals surface area contributed by atoms with E-state index in [9.17, 15) is 4.79 Å². The van der Waals surface area contributed by atoms with Crippen LogP contribution in [0.1, 0.15) is 12.0 Å². The standard InChI is InChI=1S/C11H14N2O2/c14-11(13-10-7-15-8-10)2-1-9-3-5-12-6-4-9/h3-6,10H,1-2,7-8H2,(H,13,14). The molecule has 4 heteroatoms. The number of amides is 1. The van der Waals surface area contributed by atoms with E-state index in [0.717, 1.165) is 12.0 Å². The first-order valence-corrected chi connectivity index (χ1v) is 5.10. The number of carbonyl (C=O) groups is 1. The minimum atomic E-state index is 0.0973. The first-order valence-electron chi connectivity index (χ1n) is 5.10. The molecule has 1 amide bonds. The lowest BCUT2D eigenvalue weighted by Crippen LogP contribution is -2.48. The van der Waals surface area contributed by atoms with Crippen LogP contribution in [0, 0.1) is 0 Å². The number of nitrogens with one attached hydrogen (secondary N) is 1. The summed E-state index contributed by atoms with van der Waals surface area (Å²) in [5.41, 5.74) is 1.14. The summed E-state index contributed by atoms with van der Waals surface area (Å²) in [6.07, 6.45) is 4.78. The number of rotatable bonds is 4. The van der Waals surface area contributed by atoms with Crippen LogP contribution < -0.4 is 5.32 Å². The zero-order chi connectivity index (χ0) is 10.5. The number of pyridine rings is 1. The Bertz CT molecular complexity index is 323. The molecule has 1 aromatic heterocycles. The second-order valence-corrected chi connectivity index (χ2v) is 3.66. The third kappa shape index (κ3) is 3.02. The van der Waals surface area contributed by atoms with Gasteiger partial charge in [0.05, 0.1) is 19.3 Å². The van der Waals surface area contributed by atoms with Crippen molar-refractivity contribution in [3.05, 3.63) is 30.1 Å². The van der Waals surface area contributed by atoms with Gasteiger partial charge in [0.1, 0.15) is 0 Å². The quantitative estimate of drug-likeness (QED) is 0.781. The van der Waals surface area contributed by atoms with E-state index in [4.69, 9.17) is 4.74 Å². The van der Waals surface area contributed by atoms with Gasteiger partial charge in [0.2, 0.25) is 5.91 Å². The lowest BCUT2D eigenvalue weighted by molar-refractivity contribution is -0.125. The van der Waals surface area contributed by atoms with Crippen molar-refractivity contribution in [3.63, 3.8) is 0 Å². The molecule has 1 saturated heterocycles. The molecule has 1 N–H and O–H groups in total. The minimum Gasteiger partial charge on any atom is -0.377 e. The van der Waals surface area contributed by atoms with Crippen LogP contribution in [0.3, 0.4) is 0 Å². The fraction of sp³-hybridized carbons (Fsp3) is 0.455. The van der Waals surface area contributed by atoms with Gasteiger partial charge >= 0.3 is 0 Å². The van der Waals surface area contributed by atoms with Crippen LogP contribution >= 0.6 is 0 Å². The van der Waals surface area contributed by atoms with Crippen molar-refractivity contribution in [1.82, 2.24) is 10.3 Å². The van der Waals surface area contributed by atoms with Gasteiger partial charge in [-0.2, -0.15) is 0 Å². The molecule has 0 saturated carbocycles. The van der Waals surface area contributed by atoms with E-state index in [0.29, 0.717) is 19.6 Å². The molecule has 4 nitrogen and oxygen atoms in total. The maximum absolute atomic E-state index is 11.4. The van der Waals surface area contributed by atoms with Gasteiger partial charge in [0, 0.05) is 18.8 Å². The second kappa shape index (κ2) is 4.89. The fourth-order valence-electron chi connectivity index (χ4n) is 1.43. The maximum Gasteiger partial charge on any atom is 0.220 e. The van der Waals surface area contributed by atoms with Gasteiger partial charge in [-0.05, 0) is 24.1 Å². The van der Waals surface area contributed by atoms with Crippen LogP contribution in [0.15, 0.2) is 24.5 Å². The molecule has 1 aliphatic rings. The van der Waals surface area contributed by atoms with E-state index in [2.05, 4.69) is 10.3 Å². The normalized spacial score (nSPS) is 15.7. The van der Waals surface area contributed by atoms with Crippen molar-refractivity contribution in [3.8, 4) is 0 Å². The van der Waals surface area contributed by atoms with Crippen LogP contribution in [-0.4, -0.2) is 30.1 Å². The number of ether oxygens (including phenoxy) is 1. The Hall–Kier alpha value is -1.42. The Morgan fingerprint density at radius 3 is 2.80 bits per heavy atom. The largest absolute Gasteiger partial charge is 0.377 e. The monoisotopic (exact) mass is 206 g/mol. The Morgan fingerprint density at radius 1 is 1.47 bits per heavy atom. The van der Waals surface area contributed by atoms with Crippen molar-refractivity contribution in [2.75, 3.05) is 13.2 Å². The van der Waals surface area contributed by atoms with Gasteiger partial charge in [0.25, 0.3) is 0 Å². The highest BCUT2D eigenvalue weighted by Gasteiger charge is 2.19. The number of nitrogens with zero attached hydrogens (tertiary/aromatic N) is 1. The van der Waals surface area contributed by atoms with Gasteiger partial charge in [-0.25, -0.2) is 0 Å². The van der Waals surface area contributed by atoms with E-state index in [1.54, 1.807) is 12.4 Å². The van der Waals surface area contributed by atoms with Gasteiger partial charge in [0.15, 0.2) is 0 Å². The Balaban J connectivity index is 1.71. The Labute approximate surface area is 88.7 Å². The number of hydrogen-bond acceptors (Lipinski definition) is 3. The van der Waals surface area contributed by atoms with Crippen molar-refractivity contribution in [2.24, 2.45) is 0 Å². The Kier molecular flexibility index (Phi) is 3.29. The highest BCUT2D eigenvalue weighted by atomic mass is 16.5. The van der Waals surface area contributed by atoms with Crippen molar-refractivity contribution >= 4 is 5.91 Å². The molecule has 80 valence electrons.